The highest BCUT2D eigenvalue weighted by molar-refractivity contribution is 5.92. The van der Waals surface area contributed by atoms with Crippen molar-refractivity contribution in [2.75, 3.05) is 10.6 Å². The van der Waals surface area contributed by atoms with E-state index in [1.165, 1.54) is 18.1 Å². The number of amides is 2. The maximum absolute atomic E-state index is 12.0. The molecule has 2 aromatic carbocycles. The first-order chi connectivity index (χ1) is 11.5. The zero-order valence-electron chi connectivity index (χ0n) is 14.3. The molecule has 0 radical (unpaired) electrons. The molecule has 0 aliphatic carbocycles. The van der Waals surface area contributed by atoms with Crippen molar-refractivity contribution in [1.82, 2.24) is 0 Å². The van der Waals surface area contributed by atoms with Crippen molar-refractivity contribution in [1.29, 1.82) is 0 Å². The number of anilines is 2. The molecule has 126 valence electrons. The number of hydrogen-bond acceptors (Lipinski definition) is 2. The van der Waals surface area contributed by atoms with E-state index in [1.807, 2.05) is 0 Å². The standard InChI is InChI=1S/C20H24N2O2/c1-15-7-9-17(10-8-15)5-3-4-6-20(24)22-19-13-11-18(12-14-19)21-16(2)23/h7-14H,3-6H2,1-2H3,(H,21,23)(H,22,24). The second kappa shape index (κ2) is 8.87. The van der Waals surface area contributed by atoms with Crippen LogP contribution in [0.3, 0.4) is 0 Å². The van der Waals surface area contributed by atoms with Gasteiger partial charge in [-0.1, -0.05) is 29.8 Å². The minimum atomic E-state index is -0.111. The summed E-state index contributed by atoms with van der Waals surface area (Å²) in [6.07, 6.45) is 3.37. The Morgan fingerprint density at radius 3 is 2.00 bits per heavy atom. The largest absolute Gasteiger partial charge is 0.326 e. The predicted octanol–water partition coefficient (Wildman–Crippen LogP) is 4.30. The lowest BCUT2D eigenvalue weighted by Gasteiger charge is -2.07. The molecule has 2 rings (SSSR count). The zero-order chi connectivity index (χ0) is 17.4. The smallest absolute Gasteiger partial charge is 0.224 e. The van der Waals surface area contributed by atoms with Gasteiger partial charge >= 0.3 is 0 Å². The molecule has 0 saturated carbocycles. The van der Waals surface area contributed by atoms with Crippen LogP contribution in [0.5, 0.6) is 0 Å². The Kier molecular flexibility index (Phi) is 6.55. The minimum absolute atomic E-state index is 0.0196. The van der Waals surface area contributed by atoms with Gasteiger partial charge in [-0.25, -0.2) is 0 Å². The third-order valence-electron chi connectivity index (χ3n) is 3.73. The second-order valence-electron chi connectivity index (χ2n) is 6.00. The summed E-state index contributed by atoms with van der Waals surface area (Å²) in [5, 5.41) is 5.57. The van der Waals surface area contributed by atoms with Crippen molar-refractivity contribution in [3.63, 3.8) is 0 Å². The predicted molar refractivity (Wildman–Crippen MR) is 98.1 cm³/mol. The first kappa shape index (κ1) is 17.7. The number of carbonyl (C=O) groups excluding carboxylic acids is 2. The molecule has 0 saturated heterocycles. The van der Waals surface area contributed by atoms with E-state index >= 15 is 0 Å². The number of nitrogens with one attached hydrogen (secondary N) is 2. The van der Waals surface area contributed by atoms with Gasteiger partial charge in [0, 0.05) is 24.7 Å². The van der Waals surface area contributed by atoms with E-state index in [0.717, 1.165) is 30.6 Å². The number of carbonyl (C=O) groups is 2. The molecule has 0 heterocycles. The van der Waals surface area contributed by atoms with Crippen LogP contribution in [0.4, 0.5) is 11.4 Å². The normalized spacial score (nSPS) is 10.2. The molecular weight excluding hydrogens is 300 g/mol. The third-order valence-corrected chi connectivity index (χ3v) is 3.73. The van der Waals surface area contributed by atoms with Gasteiger partial charge in [0.2, 0.25) is 11.8 Å². The number of hydrogen-bond donors (Lipinski definition) is 2. The van der Waals surface area contributed by atoms with Gasteiger partial charge in [-0.3, -0.25) is 9.59 Å². The average Bonchev–Trinajstić information content (AvgIpc) is 2.55. The van der Waals surface area contributed by atoms with E-state index in [-0.39, 0.29) is 11.8 Å². The molecule has 0 aliphatic heterocycles. The van der Waals surface area contributed by atoms with Gasteiger partial charge < -0.3 is 10.6 Å². The summed E-state index contributed by atoms with van der Waals surface area (Å²) in [6, 6.07) is 15.6. The van der Waals surface area contributed by atoms with E-state index in [1.54, 1.807) is 24.3 Å². The zero-order valence-corrected chi connectivity index (χ0v) is 14.3. The Balaban J connectivity index is 1.69. The van der Waals surface area contributed by atoms with Crippen LogP contribution >= 0.6 is 0 Å². The minimum Gasteiger partial charge on any atom is -0.326 e. The highest BCUT2D eigenvalue weighted by Crippen LogP contribution is 2.14. The van der Waals surface area contributed by atoms with Crippen LogP contribution in [0, 0.1) is 6.92 Å². The van der Waals surface area contributed by atoms with E-state index in [9.17, 15) is 9.59 Å². The van der Waals surface area contributed by atoms with Gasteiger partial charge in [-0.15, -0.1) is 0 Å². The van der Waals surface area contributed by atoms with Crippen molar-refractivity contribution >= 4 is 23.2 Å². The Morgan fingerprint density at radius 2 is 1.42 bits per heavy atom. The summed E-state index contributed by atoms with van der Waals surface area (Å²) in [5.74, 6) is -0.0912. The number of unbranched alkanes of at least 4 members (excludes halogenated alkanes) is 1. The topological polar surface area (TPSA) is 58.2 Å². The summed E-state index contributed by atoms with van der Waals surface area (Å²) in [4.78, 5) is 22.9. The number of benzene rings is 2. The highest BCUT2D eigenvalue weighted by atomic mass is 16.2. The van der Waals surface area contributed by atoms with Crippen LogP contribution < -0.4 is 10.6 Å². The van der Waals surface area contributed by atoms with Gasteiger partial charge in [0.15, 0.2) is 0 Å². The fraction of sp³-hybridized carbons (Fsp3) is 0.300. The van der Waals surface area contributed by atoms with Crippen LogP contribution in [-0.2, 0) is 16.0 Å². The number of rotatable bonds is 7. The van der Waals surface area contributed by atoms with Crippen LogP contribution in [0.1, 0.15) is 37.3 Å². The second-order valence-corrected chi connectivity index (χ2v) is 6.00. The maximum atomic E-state index is 12.0. The lowest BCUT2D eigenvalue weighted by molar-refractivity contribution is -0.116. The molecular formula is C20H24N2O2. The number of aryl methyl sites for hydroxylation is 2. The molecule has 24 heavy (non-hydrogen) atoms. The van der Waals surface area contributed by atoms with Gasteiger partial charge in [-0.05, 0) is 56.0 Å². The van der Waals surface area contributed by atoms with Crippen molar-refractivity contribution in [3.8, 4) is 0 Å². The van der Waals surface area contributed by atoms with Gasteiger partial charge in [0.05, 0.1) is 0 Å². The Hall–Kier alpha value is -2.62. The lowest BCUT2D eigenvalue weighted by atomic mass is 10.1. The molecule has 4 nitrogen and oxygen atoms in total. The summed E-state index contributed by atoms with van der Waals surface area (Å²) in [5.41, 5.74) is 4.04. The SMILES string of the molecule is CC(=O)Nc1ccc(NC(=O)CCCCc2ccc(C)cc2)cc1. The molecule has 0 fully saturated rings. The molecule has 0 unspecified atom stereocenters. The van der Waals surface area contributed by atoms with Gasteiger partial charge in [0.1, 0.15) is 0 Å². The van der Waals surface area contributed by atoms with Crippen LogP contribution in [-0.4, -0.2) is 11.8 Å². The molecule has 0 aromatic heterocycles. The van der Waals surface area contributed by atoms with E-state index in [0.29, 0.717) is 6.42 Å². The lowest BCUT2D eigenvalue weighted by Crippen LogP contribution is -2.11. The molecule has 2 amide bonds. The highest BCUT2D eigenvalue weighted by Gasteiger charge is 2.03. The first-order valence-electron chi connectivity index (χ1n) is 8.26. The summed E-state index contributed by atoms with van der Waals surface area (Å²) in [6.45, 7) is 3.54. The van der Waals surface area contributed by atoms with Gasteiger partial charge in [-0.2, -0.15) is 0 Å². The molecule has 0 atom stereocenters. The Bertz CT molecular complexity index is 676. The maximum Gasteiger partial charge on any atom is 0.224 e. The van der Waals surface area contributed by atoms with Crippen molar-refractivity contribution in [2.45, 2.75) is 39.5 Å². The van der Waals surface area contributed by atoms with Crippen molar-refractivity contribution in [2.24, 2.45) is 0 Å². The van der Waals surface area contributed by atoms with E-state index < -0.39 is 0 Å². The van der Waals surface area contributed by atoms with Gasteiger partial charge in [0.25, 0.3) is 0 Å². The van der Waals surface area contributed by atoms with Crippen molar-refractivity contribution in [3.05, 3.63) is 59.7 Å². The van der Waals surface area contributed by atoms with E-state index in [2.05, 4.69) is 41.8 Å². The quantitative estimate of drug-likeness (QED) is 0.746. The Labute approximate surface area is 143 Å². The summed E-state index contributed by atoms with van der Waals surface area (Å²) in [7, 11) is 0. The van der Waals surface area contributed by atoms with Crippen molar-refractivity contribution < 1.29 is 9.59 Å². The summed E-state index contributed by atoms with van der Waals surface area (Å²) < 4.78 is 0. The fourth-order valence-corrected chi connectivity index (χ4v) is 2.43. The first-order valence-corrected chi connectivity index (χ1v) is 8.26. The molecule has 2 aromatic rings. The average molecular weight is 324 g/mol. The summed E-state index contributed by atoms with van der Waals surface area (Å²) >= 11 is 0. The molecule has 2 N–H and O–H groups in total. The van der Waals surface area contributed by atoms with Crippen LogP contribution in [0.15, 0.2) is 48.5 Å². The van der Waals surface area contributed by atoms with Crippen LogP contribution in [0.25, 0.3) is 0 Å². The van der Waals surface area contributed by atoms with Crippen LogP contribution in [0.2, 0.25) is 0 Å². The molecule has 0 spiro atoms. The molecule has 4 heteroatoms. The third kappa shape index (κ3) is 6.24. The monoisotopic (exact) mass is 324 g/mol. The fourth-order valence-electron chi connectivity index (χ4n) is 2.43. The Morgan fingerprint density at radius 1 is 0.833 bits per heavy atom. The molecule has 0 aliphatic rings. The molecule has 0 bridgehead atoms. The van der Waals surface area contributed by atoms with E-state index in [4.69, 9.17) is 0 Å².